The minimum Gasteiger partial charge on any atom is -0.486 e. The summed E-state index contributed by atoms with van der Waals surface area (Å²) in [7, 11) is 0.889. The summed E-state index contributed by atoms with van der Waals surface area (Å²) in [5.41, 5.74) is 1.12. The molecule has 0 aliphatic heterocycles. The largest absolute Gasteiger partial charge is 0.486 e. The third-order valence-corrected chi connectivity index (χ3v) is 5.60. The van der Waals surface area contributed by atoms with E-state index in [0.29, 0.717) is 10.6 Å². The standard InChI is InChI=1S/C19H25NO3S/c1-4-24(21,22)18-12-10-17(11-13-18)23-19(14-15-20(2)3)16-8-6-5-7-9-16/h5-13,19H,4,14-15H2,1-3H3. The molecule has 0 saturated heterocycles. The maximum atomic E-state index is 11.9. The van der Waals surface area contributed by atoms with E-state index in [-0.39, 0.29) is 11.9 Å². The fourth-order valence-corrected chi connectivity index (χ4v) is 3.28. The first kappa shape index (κ1) is 18.5. The molecule has 2 aromatic rings. The molecule has 5 heteroatoms. The van der Waals surface area contributed by atoms with Crippen molar-refractivity contribution in [3.63, 3.8) is 0 Å². The van der Waals surface area contributed by atoms with Crippen molar-refractivity contribution in [1.82, 2.24) is 4.90 Å². The van der Waals surface area contributed by atoms with Crippen molar-refractivity contribution < 1.29 is 13.2 Å². The quantitative estimate of drug-likeness (QED) is 0.733. The zero-order chi connectivity index (χ0) is 17.6. The van der Waals surface area contributed by atoms with E-state index in [1.165, 1.54) is 0 Å². The van der Waals surface area contributed by atoms with Gasteiger partial charge in [0, 0.05) is 13.0 Å². The molecule has 0 saturated carbocycles. The summed E-state index contributed by atoms with van der Waals surface area (Å²) in [6, 6.07) is 16.8. The molecule has 2 rings (SSSR count). The topological polar surface area (TPSA) is 46.6 Å². The van der Waals surface area contributed by atoms with Crippen molar-refractivity contribution in [2.45, 2.75) is 24.3 Å². The van der Waals surface area contributed by atoms with Crippen LogP contribution >= 0.6 is 0 Å². The van der Waals surface area contributed by atoms with E-state index >= 15 is 0 Å². The first-order valence-corrected chi connectivity index (χ1v) is 9.76. The molecule has 0 N–H and O–H groups in total. The highest BCUT2D eigenvalue weighted by molar-refractivity contribution is 7.91. The van der Waals surface area contributed by atoms with Crippen molar-refractivity contribution in [3.8, 4) is 5.75 Å². The molecule has 0 aliphatic rings. The number of hydrogen-bond donors (Lipinski definition) is 0. The summed E-state index contributed by atoms with van der Waals surface area (Å²) in [5.74, 6) is 0.778. The molecule has 2 aromatic carbocycles. The predicted molar refractivity (Wildman–Crippen MR) is 97.2 cm³/mol. The van der Waals surface area contributed by atoms with Gasteiger partial charge in [0.25, 0.3) is 0 Å². The lowest BCUT2D eigenvalue weighted by atomic mass is 10.1. The van der Waals surface area contributed by atoms with Crippen molar-refractivity contribution in [3.05, 3.63) is 60.2 Å². The van der Waals surface area contributed by atoms with Crippen LogP contribution in [-0.4, -0.2) is 39.7 Å². The smallest absolute Gasteiger partial charge is 0.178 e. The molecule has 0 aromatic heterocycles. The summed E-state index contributed by atoms with van der Waals surface area (Å²) in [6.45, 7) is 2.55. The Balaban J connectivity index is 2.17. The van der Waals surface area contributed by atoms with Crippen LogP contribution in [0.25, 0.3) is 0 Å². The second kappa shape index (κ2) is 8.31. The summed E-state index contributed by atoms with van der Waals surface area (Å²) < 4.78 is 29.9. The van der Waals surface area contributed by atoms with Gasteiger partial charge in [0.15, 0.2) is 9.84 Å². The Kier molecular flexibility index (Phi) is 6.40. The molecule has 0 bridgehead atoms. The van der Waals surface area contributed by atoms with E-state index < -0.39 is 9.84 Å². The number of ether oxygens (including phenoxy) is 1. The summed E-state index contributed by atoms with van der Waals surface area (Å²) in [4.78, 5) is 2.46. The van der Waals surface area contributed by atoms with E-state index in [9.17, 15) is 8.42 Å². The third-order valence-electron chi connectivity index (χ3n) is 3.85. The van der Waals surface area contributed by atoms with Gasteiger partial charge >= 0.3 is 0 Å². The van der Waals surface area contributed by atoms with Crippen LogP contribution in [-0.2, 0) is 9.84 Å². The Bertz CT molecular complexity index is 725. The van der Waals surface area contributed by atoms with Crippen LogP contribution in [0.15, 0.2) is 59.5 Å². The Morgan fingerprint density at radius 3 is 2.17 bits per heavy atom. The van der Waals surface area contributed by atoms with Crippen LogP contribution in [0, 0.1) is 0 Å². The van der Waals surface area contributed by atoms with E-state index in [1.807, 2.05) is 32.3 Å². The van der Waals surface area contributed by atoms with Crippen LogP contribution in [0.5, 0.6) is 5.75 Å². The van der Waals surface area contributed by atoms with Gasteiger partial charge in [-0.2, -0.15) is 0 Å². The molecule has 0 spiro atoms. The summed E-state index contributed by atoms with van der Waals surface area (Å²) in [5, 5.41) is 0. The van der Waals surface area contributed by atoms with Crippen molar-refractivity contribution in [2.75, 3.05) is 26.4 Å². The average Bonchev–Trinajstić information content (AvgIpc) is 2.59. The van der Waals surface area contributed by atoms with Crippen molar-refractivity contribution >= 4 is 9.84 Å². The number of rotatable bonds is 8. The number of hydrogen-bond acceptors (Lipinski definition) is 4. The maximum absolute atomic E-state index is 11.9. The fraction of sp³-hybridized carbons (Fsp3) is 0.368. The van der Waals surface area contributed by atoms with E-state index in [4.69, 9.17) is 4.74 Å². The molecule has 0 fully saturated rings. The Hall–Kier alpha value is -1.85. The van der Waals surface area contributed by atoms with Gasteiger partial charge in [0.1, 0.15) is 11.9 Å². The average molecular weight is 347 g/mol. The maximum Gasteiger partial charge on any atom is 0.178 e. The molecule has 24 heavy (non-hydrogen) atoms. The SMILES string of the molecule is CCS(=O)(=O)c1ccc(OC(CCN(C)C)c2ccccc2)cc1. The van der Waals surface area contributed by atoms with Gasteiger partial charge in [-0.05, 0) is 43.9 Å². The van der Waals surface area contributed by atoms with Gasteiger partial charge < -0.3 is 9.64 Å². The predicted octanol–water partition coefficient (Wildman–Crippen LogP) is 3.55. The second-order valence-electron chi connectivity index (χ2n) is 5.98. The second-order valence-corrected chi connectivity index (χ2v) is 8.26. The lowest BCUT2D eigenvalue weighted by Gasteiger charge is -2.21. The molecular weight excluding hydrogens is 322 g/mol. The molecule has 1 atom stereocenters. The minimum atomic E-state index is -3.18. The first-order chi connectivity index (χ1) is 11.4. The van der Waals surface area contributed by atoms with Crippen LogP contribution in [0.2, 0.25) is 0 Å². The van der Waals surface area contributed by atoms with Crippen molar-refractivity contribution in [1.29, 1.82) is 0 Å². The highest BCUT2D eigenvalue weighted by atomic mass is 32.2. The van der Waals surface area contributed by atoms with Crippen LogP contribution in [0.4, 0.5) is 0 Å². The highest BCUT2D eigenvalue weighted by Gasteiger charge is 2.15. The first-order valence-electron chi connectivity index (χ1n) is 8.11. The molecule has 130 valence electrons. The summed E-state index contributed by atoms with van der Waals surface area (Å²) in [6.07, 6.45) is 0.786. The van der Waals surface area contributed by atoms with Crippen LogP contribution < -0.4 is 4.74 Å². The van der Waals surface area contributed by atoms with Gasteiger partial charge in [-0.1, -0.05) is 37.3 Å². The van der Waals surface area contributed by atoms with Gasteiger partial charge in [0.05, 0.1) is 10.6 Å². The zero-order valence-electron chi connectivity index (χ0n) is 14.5. The molecule has 0 heterocycles. The fourth-order valence-electron chi connectivity index (χ4n) is 2.39. The molecular formula is C19H25NO3S. The van der Waals surface area contributed by atoms with Gasteiger partial charge in [0.2, 0.25) is 0 Å². The number of benzene rings is 2. The van der Waals surface area contributed by atoms with Gasteiger partial charge in [-0.25, -0.2) is 8.42 Å². The van der Waals surface area contributed by atoms with Gasteiger partial charge in [-0.15, -0.1) is 0 Å². The lowest BCUT2D eigenvalue weighted by molar-refractivity contribution is 0.179. The molecule has 0 amide bonds. The highest BCUT2D eigenvalue weighted by Crippen LogP contribution is 2.26. The van der Waals surface area contributed by atoms with E-state index in [1.54, 1.807) is 31.2 Å². The lowest BCUT2D eigenvalue weighted by Crippen LogP contribution is -2.18. The van der Waals surface area contributed by atoms with Crippen LogP contribution in [0.1, 0.15) is 25.0 Å². The van der Waals surface area contributed by atoms with Crippen LogP contribution in [0.3, 0.4) is 0 Å². The monoisotopic (exact) mass is 347 g/mol. The zero-order valence-corrected chi connectivity index (χ0v) is 15.3. The molecule has 1 unspecified atom stereocenters. The normalized spacial score (nSPS) is 13.0. The number of nitrogens with zero attached hydrogens (tertiary/aromatic N) is 1. The number of sulfone groups is 1. The minimum absolute atomic E-state index is 0.0674. The molecule has 4 nitrogen and oxygen atoms in total. The summed E-state index contributed by atoms with van der Waals surface area (Å²) >= 11 is 0. The van der Waals surface area contributed by atoms with Gasteiger partial charge in [-0.3, -0.25) is 0 Å². The Labute approximate surface area is 145 Å². The Morgan fingerprint density at radius 1 is 1.00 bits per heavy atom. The van der Waals surface area contributed by atoms with E-state index in [0.717, 1.165) is 18.5 Å². The van der Waals surface area contributed by atoms with Crippen molar-refractivity contribution in [2.24, 2.45) is 0 Å². The molecule has 0 radical (unpaired) electrons. The third kappa shape index (κ3) is 5.08. The Morgan fingerprint density at radius 2 is 1.62 bits per heavy atom. The van der Waals surface area contributed by atoms with E-state index in [2.05, 4.69) is 17.0 Å². The molecule has 0 aliphatic carbocycles.